The van der Waals surface area contributed by atoms with Crippen molar-refractivity contribution in [1.82, 2.24) is 19.8 Å². The number of rotatable bonds is 7. The van der Waals surface area contributed by atoms with E-state index in [0.29, 0.717) is 29.7 Å². The van der Waals surface area contributed by atoms with Gasteiger partial charge >= 0.3 is 6.36 Å². The Balaban J connectivity index is 1.25. The molecule has 206 valence electrons. The van der Waals surface area contributed by atoms with E-state index in [2.05, 4.69) is 15.0 Å². The van der Waals surface area contributed by atoms with E-state index in [4.69, 9.17) is 4.74 Å². The van der Waals surface area contributed by atoms with Gasteiger partial charge in [-0.15, -0.1) is 13.2 Å². The van der Waals surface area contributed by atoms with Gasteiger partial charge in [0.15, 0.2) is 0 Å². The van der Waals surface area contributed by atoms with Crippen LogP contribution in [0.4, 0.5) is 13.2 Å². The summed E-state index contributed by atoms with van der Waals surface area (Å²) < 4.78 is 49.3. The van der Waals surface area contributed by atoms with Crippen LogP contribution < -0.4 is 14.8 Å². The number of aryl methyl sites for hydroxylation is 1. The van der Waals surface area contributed by atoms with E-state index < -0.39 is 6.36 Å². The molecule has 2 amide bonds. The molecule has 0 saturated carbocycles. The topological polar surface area (TPSA) is 85.7 Å². The Morgan fingerprint density at radius 1 is 1.08 bits per heavy atom. The summed E-state index contributed by atoms with van der Waals surface area (Å²) in [4.78, 5) is 32.1. The molecule has 1 N–H and O–H groups in total. The van der Waals surface area contributed by atoms with Crippen molar-refractivity contribution in [2.75, 3.05) is 7.05 Å². The molecular formula is C28H29F3N4O4. The summed E-state index contributed by atoms with van der Waals surface area (Å²) in [5.74, 6) is -0.151. The predicted molar refractivity (Wildman–Crippen MR) is 136 cm³/mol. The molecule has 2 aliphatic heterocycles. The van der Waals surface area contributed by atoms with Crippen LogP contribution in [0.15, 0.2) is 55.0 Å². The molecule has 0 spiro atoms. The third-order valence-corrected chi connectivity index (χ3v) is 7.24. The highest BCUT2D eigenvalue weighted by atomic mass is 19.4. The van der Waals surface area contributed by atoms with Crippen LogP contribution in [0.1, 0.15) is 41.6 Å². The van der Waals surface area contributed by atoms with E-state index in [1.165, 1.54) is 24.3 Å². The largest absolute Gasteiger partial charge is 0.573 e. The Kier molecular flexibility index (Phi) is 7.24. The number of nitrogens with one attached hydrogen (secondary N) is 1. The van der Waals surface area contributed by atoms with Gasteiger partial charge in [-0.1, -0.05) is 12.1 Å². The van der Waals surface area contributed by atoms with E-state index in [1.54, 1.807) is 25.5 Å². The van der Waals surface area contributed by atoms with Crippen molar-refractivity contribution in [3.8, 4) is 22.8 Å². The van der Waals surface area contributed by atoms with Crippen molar-refractivity contribution in [3.05, 3.63) is 66.1 Å². The highest BCUT2D eigenvalue weighted by Crippen LogP contribution is 2.39. The third kappa shape index (κ3) is 6.02. The van der Waals surface area contributed by atoms with Gasteiger partial charge in [0.2, 0.25) is 5.91 Å². The molecule has 2 bridgehead atoms. The van der Waals surface area contributed by atoms with Gasteiger partial charge in [-0.25, -0.2) is 4.98 Å². The number of hydrogen-bond acceptors (Lipinski definition) is 5. The van der Waals surface area contributed by atoms with Crippen molar-refractivity contribution in [3.63, 3.8) is 0 Å². The second kappa shape index (κ2) is 10.6. The summed E-state index contributed by atoms with van der Waals surface area (Å²) in [6, 6.07) is 10.8. The fourth-order valence-corrected chi connectivity index (χ4v) is 5.55. The number of ether oxygens (including phenoxy) is 2. The number of imidazole rings is 1. The minimum atomic E-state index is -4.76. The van der Waals surface area contributed by atoms with Gasteiger partial charge in [0, 0.05) is 50.8 Å². The fraction of sp³-hybridized carbons (Fsp3) is 0.393. The van der Waals surface area contributed by atoms with E-state index in [-0.39, 0.29) is 42.2 Å². The normalized spacial score (nSPS) is 20.5. The minimum absolute atomic E-state index is 0.00493. The predicted octanol–water partition coefficient (Wildman–Crippen LogP) is 4.49. The number of aromatic nitrogens is 2. The van der Waals surface area contributed by atoms with Gasteiger partial charge < -0.3 is 24.3 Å². The second-order valence-electron chi connectivity index (χ2n) is 9.98. The first-order chi connectivity index (χ1) is 18.6. The number of fused-ring (bicyclic) bond motifs is 2. The molecule has 1 aromatic heterocycles. The quantitative estimate of drug-likeness (QED) is 0.476. The first kappa shape index (κ1) is 26.6. The molecule has 11 heteroatoms. The molecule has 39 heavy (non-hydrogen) atoms. The van der Waals surface area contributed by atoms with Gasteiger partial charge in [0.1, 0.15) is 17.6 Å². The SMILES string of the molecule is CNC(=O)c1cc(-c2cn(C)cn2)ccc1OC1CC2CCC(C1)N2C(=O)Cc1ccc(OC(F)(F)F)cc1. The first-order valence-corrected chi connectivity index (χ1v) is 12.8. The number of hydrogen-bond donors (Lipinski definition) is 1. The maximum absolute atomic E-state index is 13.2. The van der Waals surface area contributed by atoms with Crippen molar-refractivity contribution in [1.29, 1.82) is 0 Å². The summed E-state index contributed by atoms with van der Waals surface area (Å²) in [5, 5.41) is 2.67. The second-order valence-corrected chi connectivity index (χ2v) is 9.98. The third-order valence-electron chi connectivity index (χ3n) is 7.24. The molecule has 5 rings (SSSR count). The molecule has 0 aliphatic carbocycles. The van der Waals surface area contributed by atoms with E-state index in [9.17, 15) is 22.8 Å². The van der Waals surface area contributed by atoms with Gasteiger partial charge in [-0.05, 0) is 48.7 Å². The zero-order valence-electron chi connectivity index (χ0n) is 21.6. The summed E-state index contributed by atoms with van der Waals surface area (Å²) >= 11 is 0. The summed E-state index contributed by atoms with van der Waals surface area (Å²) in [5.41, 5.74) is 2.60. The Morgan fingerprint density at radius 2 is 1.77 bits per heavy atom. The van der Waals surface area contributed by atoms with Crippen molar-refractivity contribution in [2.24, 2.45) is 7.05 Å². The van der Waals surface area contributed by atoms with Crippen molar-refractivity contribution in [2.45, 2.75) is 56.7 Å². The molecule has 2 aliphatic rings. The van der Waals surface area contributed by atoms with Crippen LogP contribution in [-0.2, 0) is 18.3 Å². The van der Waals surface area contributed by atoms with Gasteiger partial charge in [-0.3, -0.25) is 9.59 Å². The molecule has 2 aromatic carbocycles. The molecule has 2 fully saturated rings. The van der Waals surface area contributed by atoms with Crippen LogP contribution in [0.3, 0.4) is 0 Å². The van der Waals surface area contributed by atoms with Gasteiger partial charge in [-0.2, -0.15) is 0 Å². The Morgan fingerprint density at radius 3 is 2.36 bits per heavy atom. The summed E-state index contributed by atoms with van der Waals surface area (Å²) in [6.07, 6.45) is 1.73. The zero-order valence-corrected chi connectivity index (χ0v) is 21.6. The van der Waals surface area contributed by atoms with Crippen LogP contribution in [0.5, 0.6) is 11.5 Å². The van der Waals surface area contributed by atoms with Crippen molar-refractivity contribution >= 4 is 11.8 Å². The van der Waals surface area contributed by atoms with E-state index in [0.717, 1.165) is 24.1 Å². The average Bonchev–Trinajstić information content (AvgIpc) is 3.44. The lowest BCUT2D eigenvalue weighted by Gasteiger charge is -2.39. The molecule has 3 aromatic rings. The molecule has 2 unspecified atom stereocenters. The minimum Gasteiger partial charge on any atom is -0.489 e. The highest BCUT2D eigenvalue weighted by molar-refractivity contribution is 5.98. The molecule has 3 heterocycles. The molecule has 8 nitrogen and oxygen atoms in total. The van der Waals surface area contributed by atoms with Gasteiger partial charge in [0.05, 0.1) is 24.0 Å². The highest BCUT2D eigenvalue weighted by Gasteiger charge is 2.44. The Labute approximate surface area is 223 Å². The number of carbonyl (C=O) groups is 2. The standard InChI is InChI=1S/C28H29F3N4O4/c1-32-27(37)23-12-18(24-15-34(2)16-33-24)5-10-25(23)38-22-13-19-6-7-20(14-22)35(19)26(36)11-17-3-8-21(9-4-17)39-28(29,30)31/h3-5,8-10,12,15-16,19-20,22H,6-7,11,13-14H2,1-2H3,(H,32,37). The maximum Gasteiger partial charge on any atom is 0.573 e. The molecule has 2 atom stereocenters. The number of piperidine rings is 1. The number of benzene rings is 2. The summed E-state index contributed by atoms with van der Waals surface area (Å²) in [6.45, 7) is 0. The fourth-order valence-electron chi connectivity index (χ4n) is 5.55. The van der Waals surface area contributed by atoms with Crippen LogP contribution in [0.2, 0.25) is 0 Å². The van der Waals surface area contributed by atoms with Crippen LogP contribution >= 0.6 is 0 Å². The number of carbonyl (C=O) groups excluding carboxylic acids is 2. The lowest BCUT2D eigenvalue weighted by atomic mass is 9.98. The smallest absolute Gasteiger partial charge is 0.489 e. The van der Waals surface area contributed by atoms with E-state index in [1.807, 2.05) is 28.8 Å². The number of alkyl halides is 3. The monoisotopic (exact) mass is 542 g/mol. The molecule has 0 radical (unpaired) electrons. The van der Waals surface area contributed by atoms with Crippen LogP contribution in [0, 0.1) is 0 Å². The molecule has 2 saturated heterocycles. The number of halogens is 3. The zero-order chi connectivity index (χ0) is 27.7. The Bertz CT molecular complexity index is 1340. The Hall–Kier alpha value is -4.02. The van der Waals surface area contributed by atoms with E-state index >= 15 is 0 Å². The maximum atomic E-state index is 13.2. The lowest BCUT2D eigenvalue weighted by Crippen LogP contribution is -2.49. The molecular weight excluding hydrogens is 513 g/mol. The van der Waals surface area contributed by atoms with Gasteiger partial charge in [0.25, 0.3) is 5.91 Å². The summed E-state index contributed by atoms with van der Waals surface area (Å²) in [7, 11) is 3.45. The van der Waals surface area contributed by atoms with Crippen molar-refractivity contribution < 1.29 is 32.2 Å². The first-order valence-electron chi connectivity index (χ1n) is 12.8. The number of nitrogens with zero attached hydrogens (tertiary/aromatic N) is 3. The average molecular weight is 543 g/mol. The van der Waals surface area contributed by atoms with Crippen LogP contribution in [0.25, 0.3) is 11.3 Å². The number of amides is 2. The lowest BCUT2D eigenvalue weighted by molar-refractivity contribution is -0.274. The van der Waals surface area contributed by atoms with Crippen LogP contribution in [-0.4, -0.2) is 57.9 Å².